The predicted octanol–water partition coefficient (Wildman–Crippen LogP) is 1.08. The summed E-state index contributed by atoms with van der Waals surface area (Å²) in [5.74, 6) is 2.24. The molecule has 1 aromatic carbocycles. The zero-order valence-electron chi connectivity index (χ0n) is 10.2. The summed E-state index contributed by atoms with van der Waals surface area (Å²) in [5, 5.41) is 0. The number of hydrogen-bond acceptors (Lipinski definition) is 3. The fourth-order valence-electron chi connectivity index (χ4n) is 1.90. The molecule has 3 nitrogen and oxygen atoms in total. The molecule has 1 N–H and O–H groups in total. The van der Waals surface area contributed by atoms with Gasteiger partial charge in [0.15, 0.2) is 0 Å². The number of halogens is 1. The molecule has 0 aromatic heterocycles. The summed E-state index contributed by atoms with van der Waals surface area (Å²) in [4.78, 5) is 13.4. The molecule has 0 saturated carbocycles. The first-order valence-electron chi connectivity index (χ1n) is 6.10. The number of ether oxygens (including phenoxy) is 1. The summed E-state index contributed by atoms with van der Waals surface area (Å²) in [7, 11) is 0. The minimum Gasteiger partial charge on any atom is -0.456 e. The Morgan fingerprint density at radius 3 is 2.78 bits per heavy atom. The Balaban J connectivity index is 1.76. The maximum absolute atomic E-state index is 11.9. The maximum Gasteiger partial charge on any atom is 0.339 e. The predicted molar refractivity (Wildman–Crippen MR) is 82.3 cm³/mol. The van der Waals surface area contributed by atoms with Crippen LogP contribution < -0.4 is 4.90 Å². The van der Waals surface area contributed by atoms with Crippen LogP contribution in [-0.2, 0) is 4.74 Å². The highest BCUT2D eigenvalue weighted by atomic mass is 127. The number of hydrogen-bond donors (Lipinski definition) is 1. The molecule has 18 heavy (non-hydrogen) atoms. The third-order valence-electron chi connectivity index (χ3n) is 2.98. The monoisotopic (exact) mass is 378 g/mol. The molecule has 1 heterocycles. The van der Waals surface area contributed by atoms with E-state index < -0.39 is 0 Å². The zero-order valence-corrected chi connectivity index (χ0v) is 13.1. The van der Waals surface area contributed by atoms with Crippen LogP contribution in [0.4, 0.5) is 0 Å². The molecule has 1 aliphatic heterocycles. The van der Waals surface area contributed by atoms with E-state index in [9.17, 15) is 4.79 Å². The van der Waals surface area contributed by atoms with Crippen LogP contribution in [0.25, 0.3) is 0 Å². The van der Waals surface area contributed by atoms with Crippen LogP contribution in [0.3, 0.4) is 0 Å². The molecule has 0 radical (unpaired) electrons. The summed E-state index contributed by atoms with van der Waals surface area (Å²) < 4.78 is 6.29. The molecule has 0 bridgehead atoms. The van der Waals surface area contributed by atoms with Crippen molar-refractivity contribution in [1.29, 1.82) is 0 Å². The number of nitrogens with one attached hydrogen (secondary N) is 1. The highest BCUT2D eigenvalue weighted by Gasteiger charge is 2.15. The van der Waals surface area contributed by atoms with Gasteiger partial charge in [0.25, 0.3) is 0 Å². The molecule has 5 heteroatoms. The molecule has 1 saturated heterocycles. The quantitative estimate of drug-likeness (QED) is 0.629. The molecule has 0 amide bonds. The number of carbonyl (C=O) groups is 1. The number of rotatable bonds is 4. The standard InChI is InChI=1S/C13H16INO2S/c14-12-4-2-1-3-11(12)13(16)17-8-5-15-6-9-18-10-7-15/h1-4H,5-10H2/p+1. The fraction of sp³-hybridized carbons (Fsp3) is 0.462. The van der Waals surface area contributed by atoms with Gasteiger partial charge >= 0.3 is 5.97 Å². The van der Waals surface area contributed by atoms with Crippen molar-refractivity contribution in [2.24, 2.45) is 0 Å². The Kier molecular flexibility index (Phi) is 5.78. The lowest BCUT2D eigenvalue weighted by Crippen LogP contribution is -3.14. The molecule has 1 aliphatic rings. The lowest BCUT2D eigenvalue weighted by molar-refractivity contribution is -0.896. The highest BCUT2D eigenvalue weighted by molar-refractivity contribution is 14.1. The van der Waals surface area contributed by atoms with Gasteiger partial charge < -0.3 is 9.64 Å². The Labute approximate surface area is 125 Å². The summed E-state index contributed by atoms with van der Waals surface area (Å²) >= 11 is 4.17. The van der Waals surface area contributed by atoms with Gasteiger partial charge in [0.05, 0.1) is 18.7 Å². The largest absolute Gasteiger partial charge is 0.456 e. The Bertz CT molecular complexity index is 408. The van der Waals surface area contributed by atoms with Crippen LogP contribution in [0.1, 0.15) is 10.4 Å². The summed E-state index contributed by atoms with van der Waals surface area (Å²) in [6.07, 6.45) is 0. The van der Waals surface area contributed by atoms with E-state index in [4.69, 9.17) is 4.74 Å². The van der Waals surface area contributed by atoms with Gasteiger partial charge in [-0.2, -0.15) is 11.8 Å². The highest BCUT2D eigenvalue weighted by Crippen LogP contribution is 2.12. The molecule has 2 rings (SSSR count). The maximum atomic E-state index is 11.9. The minimum atomic E-state index is -0.203. The number of thioether (sulfide) groups is 1. The Morgan fingerprint density at radius 1 is 1.33 bits per heavy atom. The molecule has 0 atom stereocenters. The van der Waals surface area contributed by atoms with Crippen molar-refractivity contribution in [2.75, 3.05) is 37.7 Å². The van der Waals surface area contributed by atoms with Crippen LogP contribution in [0.2, 0.25) is 0 Å². The molecule has 1 aromatic rings. The fourth-order valence-corrected chi connectivity index (χ4v) is 3.58. The van der Waals surface area contributed by atoms with Crippen LogP contribution in [0.5, 0.6) is 0 Å². The first-order valence-corrected chi connectivity index (χ1v) is 8.33. The van der Waals surface area contributed by atoms with Crippen molar-refractivity contribution >= 4 is 40.3 Å². The van der Waals surface area contributed by atoms with Gasteiger partial charge in [-0.1, -0.05) is 12.1 Å². The van der Waals surface area contributed by atoms with Crippen molar-refractivity contribution in [3.05, 3.63) is 33.4 Å². The number of esters is 1. The SMILES string of the molecule is O=C(OCC[NH+]1CCSCC1)c1ccccc1I. The lowest BCUT2D eigenvalue weighted by atomic mass is 10.2. The average molecular weight is 378 g/mol. The van der Waals surface area contributed by atoms with Gasteiger partial charge in [0, 0.05) is 15.1 Å². The van der Waals surface area contributed by atoms with E-state index in [1.807, 2.05) is 36.0 Å². The number of carbonyl (C=O) groups excluding carboxylic acids is 1. The van der Waals surface area contributed by atoms with Crippen LogP contribution in [-0.4, -0.2) is 43.7 Å². The average Bonchev–Trinajstić information content (AvgIpc) is 2.40. The van der Waals surface area contributed by atoms with E-state index in [1.54, 1.807) is 4.90 Å². The molecule has 0 unspecified atom stereocenters. The topological polar surface area (TPSA) is 30.7 Å². The van der Waals surface area contributed by atoms with Gasteiger partial charge in [-0.25, -0.2) is 4.79 Å². The Morgan fingerprint density at radius 2 is 2.06 bits per heavy atom. The Hall–Kier alpha value is -0.270. The zero-order chi connectivity index (χ0) is 12.8. The normalized spacial score (nSPS) is 16.5. The summed E-state index contributed by atoms with van der Waals surface area (Å²) in [5.41, 5.74) is 0.669. The molecular weight excluding hydrogens is 361 g/mol. The third-order valence-corrected chi connectivity index (χ3v) is 4.91. The van der Waals surface area contributed by atoms with Crippen molar-refractivity contribution in [3.63, 3.8) is 0 Å². The first-order chi connectivity index (χ1) is 8.77. The van der Waals surface area contributed by atoms with Gasteiger partial charge in [-0.05, 0) is 34.7 Å². The minimum absolute atomic E-state index is 0.203. The van der Waals surface area contributed by atoms with Gasteiger partial charge in [0.2, 0.25) is 0 Å². The lowest BCUT2D eigenvalue weighted by Gasteiger charge is -2.22. The van der Waals surface area contributed by atoms with Gasteiger partial charge in [0.1, 0.15) is 13.2 Å². The van der Waals surface area contributed by atoms with E-state index in [2.05, 4.69) is 22.6 Å². The first kappa shape index (κ1) is 14.1. The molecular formula is C13H17INO2S+. The van der Waals surface area contributed by atoms with E-state index in [0.717, 1.165) is 10.1 Å². The van der Waals surface area contributed by atoms with Gasteiger partial charge in [-0.15, -0.1) is 0 Å². The van der Waals surface area contributed by atoms with E-state index in [0.29, 0.717) is 12.2 Å². The van der Waals surface area contributed by atoms with Crippen molar-refractivity contribution < 1.29 is 14.4 Å². The van der Waals surface area contributed by atoms with E-state index >= 15 is 0 Å². The second kappa shape index (κ2) is 7.35. The van der Waals surface area contributed by atoms with Crippen LogP contribution >= 0.6 is 34.4 Å². The second-order valence-corrected chi connectivity index (χ2v) is 6.62. The van der Waals surface area contributed by atoms with Crippen LogP contribution in [0, 0.1) is 3.57 Å². The second-order valence-electron chi connectivity index (χ2n) is 4.23. The van der Waals surface area contributed by atoms with Crippen LogP contribution in [0.15, 0.2) is 24.3 Å². The van der Waals surface area contributed by atoms with Crippen molar-refractivity contribution in [1.82, 2.24) is 0 Å². The van der Waals surface area contributed by atoms with E-state index in [1.165, 1.54) is 24.6 Å². The molecule has 0 spiro atoms. The summed E-state index contributed by atoms with van der Waals surface area (Å²) in [6, 6.07) is 7.53. The molecule has 98 valence electrons. The molecule has 0 aliphatic carbocycles. The number of quaternary nitrogens is 1. The molecule has 1 fully saturated rings. The van der Waals surface area contributed by atoms with Crippen molar-refractivity contribution in [2.45, 2.75) is 0 Å². The smallest absolute Gasteiger partial charge is 0.339 e. The summed E-state index contributed by atoms with van der Waals surface area (Å²) in [6.45, 7) is 3.82. The van der Waals surface area contributed by atoms with Gasteiger partial charge in [-0.3, -0.25) is 0 Å². The van der Waals surface area contributed by atoms with E-state index in [-0.39, 0.29) is 5.97 Å². The number of benzene rings is 1. The van der Waals surface area contributed by atoms with Crippen molar-refractivity contribution in [3.8, 4) is 0 Å². The third kappa shape index (κ3) is 4.13.